The van der Waals surface area contributed by atoms with Gasteiger partial charge in [0.1, 0.15) is 0 Å². The number of carbonyl (C=O) groups excluding carboxylic acids is 2. The van der Waals surface area contributed by atoms with Crippen molar-refractivity contribution >= 4 is 28.5 Å². The van der Waals surface area contributed by atoms with E-state index in [1.165, 1.54) is 0 Å². The first-order valence-corrected chi connectivity index (χ1v) is 11.8. The van der Waals surface area contributed by atoms with Gasteiger partial charge >= 0.3 is 0 Å². The molecule has 1 aliphatic rings. The fourth-order valence-electron chi connectivity index (χ4n) is 4.53. The van der Waals surface area contributed by atoms with E-state index in [0.717, 1.165) is 40.9 Å². The summed E-state index contributed by atoms with van der Waals surface area (Å²) in [5, 5.41) is 11.0. The second-order valence-corrected chi connectivity index (χ2v) is 9.26. The zero-order valence-electron chi connectivity index (χ0n) is 20.3. The first-order valence-electron chi connectivity index (χ1n) is 11.8. The lowest BCUT2D eigenvalue weighted by atomic mass is 10.1. The molecule has 35 heavy (non-hydrogen) atoms. The van der Waals surface area contributed by atoms with Crippen LogP contribution in [0.4, 0.5) is 5.69 Å². The van der Waals surface area contributed by atoms with Crippen molar-refractivity contribution in [2.75, 3.05) is 11.9 Å². The molecule has 4 aromatic rings. The highest BCUT2D eigenvalue weighted by Crippen LogP contribution is 2.40. The molecule has 178 valence electrons. The number of hydrogen-bond acceptors (Lipinski definition) is 5. The SMILES string of the molecule is Cc1cc(C)c(NC(=O)CNC(=O)c2cc(C3CC3)nc3c2c(C)nn3-c2ccccn2)c(C)c1. The fraction of sp³-hybridized carbons (Fsp3) is 0.296. The van der Waals surface area contributed by atoms with Crippen LogP contribution in [0.15, 0.2) is 42.6 Å². The van der Waals surface area contributed by atoms with Gasteiger partial charge in [0.2, 0.25) is 5.91 Å². The van der Waals surface area contributed by atoms with Gasteiger partial charge in [-0.15, -0.1) is 0 Å². The van der Waals surface area contributed by atoms with Crippen LogP contribution in [0.2, 0.25) is 0 Å². The molecule has 3 aromatic heterocycles. The molecule has 1 fully saturated rings. The van der Waals surface area contributed by atoms with Crippen LogP contribution in [0, 0.1) is 27.7 Å². The predicted molar refractivity (Wildman–Crippen MR) is 135 cm³/mol. The van der Waals surface area contributed by atoms with Gasteiger partial charge in [0, 0.05) is 23.5 Å². The molecule has 8 heteroatoms. The minimum Gasteiger partial charge on any atom is -0.343 e. The average molecular weight is 469 g/mol. The largest absolute Gasteiger partial charge is 0.343 e. The van der Waals surface area contributed by atoms with Crippen molar-refractivity contribution < 1.29 is 9.59 Å². The summed E-state index contributed by atoms with van der Waals surface area (Å²) < 4.78 is 1.68. The minimum absolute atomic E-state index is 0.137. The molecule has 0 bridgehead atoms. The van der Waals surface area contributed by atoms with Crippen LogP contribution >= 0.6 is 0 Å². The van der Waals surface area contributed by atoms with E-state index in [2.05, 4.69) is 20.7 Å². The number of pyridine rings is 2. The van der Waals surface area contributed by atoms with Crippen molar-refractivity contribution in [2.45, 2.75) is 46.5 Å². The van der Waals surface area contributed by atoms with Crippen LogP contribution in [0.25, 0.3) is 16.9 Å². The molecule has 0 radical (unpaired) electrons. The molecule has 1 saturated carbocycles. The smallest absolute Gasteiger partial charge is 0.252 e. The van der Waals surface area contributed by atoms with Gasteiger partial charge in [0.25, 0.3) is 5.91 Å². The van der Waals surface area contributed by atoms with E-state index in [0.29, 0.717) is 34.0 Å². The van der Waals surface area contributed by atoms with E-state index in [-0.39, 0.29) is 18.4 Å². The zero-order chi connectivity index (χ0) is 24.7. The van der Waals surface area contributed by atoms with Gasteiger partial charge in [0.05, 0.1) is 23.2 Å². The van der Waals surface area contributed by atoms with E-state index >= 15 is 0 Å². The van der Waals surface area contributed by atoms with E-state index in [9.17, 15) is 9.59 Å². The summed E-state index contributed by atoms with van der Waals surface area (Å²) in [5.74, 6) is 0.382. The maximum atomic E-state index is 13.3. The molecule has 1 aromatic carbocycles. The number of nitrogens with one attached hydrogen (secondary N) is 2. The summed E-state index contributed by atoms with van der Waals surface area (Å²) in [7, 11) is 0. The number of benzene rings is 1. The van der Waals surface area contributed by atoms with E-state index in [1.54, 1.807) is 10.9 Å². The van der Waals surface area contributed by atoms with E-state index in [4.69, 9.17) is 4.98 Å². The quantitative estimate of drug-likeness (QED) is 0.439. The Morgan fingerprint density at radius 2 is 1.80 bits per heavy atom. The number of hydrogen-bond donors (Lipinski definition) is 2. The van der Waals surface area contributed by atoms with Crippen LogP contribution in [0.5, 0.6) is 0 Å². The van der Waals surface area contributed by atoms with Gasteiger partial charge < -0.3 is 10.6 Å². The predicted octanol–water partition coefficient (Wildman–Crippen LogP) is 4.30. The lowest BCUT2D eigenvalue weighted by Gasteiger charge is -2.13. The van der Waals surface area contributed by atoms with Crippen LogP contribution in [0.3, 0.4) is 0 Å². The summed E-state index contributed by atoms with van der Waals surface area (Å²) >= 11 is 0. The number of fused-ring (bicyclic) bond motifs is 1. The van der Waals surface area contributed by atoms with Gasteiger partial charge in [-0.1, -0.05) is 23.8 Å². The minimum atomic E-state index is -0.324. The third-order valence-electron chi connectivity index (χ3n) is 6.29. The van der Waals surface area contributed by atoms with Gasteiger partial charge in [-0.25, -0.2) is 9.97 Å². The Balaban J connectivity index is 1.43. The lowest BCUT2D eigenvalue weighted by molar-refractivity contribution is -0.115. The molecule has 0 aliphatic heterocycles. The topological polar surface area (TPSA) is 102 Å². The van der Waals surface area contributed by atoms with Crippen molar-refractivity contribution in [3.05, 3.63) is 76.2 Å². The molecule has 0 saturated heterocycles. The number of carbonyl (C=O) groups is 2. The Hall–Kier alpha value is -4.07. The van der Waals surface area contributed by atoms with E-state index < -0.39 is 0 Å². The average Bonchev–Trinajstić information content (AvgIpc) is 3.63. The molecule has 3 heterocycles. The summed E-state index contributed by atoms with van der Waals surface area (Å²) in [6.07, 6.45) is 3.80. The summed E-state index contributed by atoms with van der Waals surface area (Å²) in [5.41, 5.74) is 6.54. The molecular formula is C27H28N6O2. The van der Waals surface area contributed by atoms with Crippen molar-refractivity contribution in [3.63, 3.8) is 0 Å². The number of nitrogens with zero attached hydrogens (tertiary/aromatic N) is 4. The number of rotatable bonds is 6. The van der Waals surface area contributed by atoms with Crippen LogP contribution < -0.4 is 10.6 Å². The third kappa shape index (κ3) is 4.51. The monoisotopic (exact) mass is 468 g/mol. The van der Waals surface area contributed by atoms with Crippen molar-refractivity contribution in [1.29, 1.82) is 0 Å². The van der Waals surface area contributed by atoms with Crippen molar-refractivity contribution in [2.24, 2.45) is 0 Å². The Morgan fingerprint density at radius 3 is 2.46 bits per heavy atom. The van der Waals surface area contributed by atoms with Gasteiger partial charge in [-0.05, 0) is 69.9 Å². The Morgan fingerprint density at radius 1 is 1.06 bits per heavy atom. The highest BCUT2D eigenvalue weighted by atomic mass is 16.2. The fourth-order valence-corrected chi connectivity index (χ4v) is 4.53. The molecule has 2 amide bonds. The van der Waals surface area contributed by atoms with Crippen molar-refractivity contribution in [3.8, 4) is 5.82 Å². The first-order chi connectivity index (χ1) is 16.8. The summed E-state index contributed by atoms with van der Waals surface area (Å²) in [6.45, 7) is 7.66. The molecule has 0 spiro atoms. The molecule has 0 unspecified atom stereocenters. The Kier molecular flexibility index (Phi) is 5.80. The molecule has 0 atom stereocenters. The normalized spacial score (nSPS) is 13.1. The van der Waals surface area contributed by atoms with Crippen LogP contribution in [-0.2, 0) is 4.79 Å². The number of amides is 2. The lowest BCUT2D eigenvalue weighted by Crippen LogP contribution is -2.33. The highest BCUT2D eigenvalue weighted by molar-refractivity contribution is 6.08. The molecule has 1 aliphatic carbocycles. The second kappa shape index (κ2) is 8.94. The van der Waals surface area contributed by atoms with Gasteiger partial charge in [-0.2, -0.15) is 9.78 Å². The molecule has 2 N–H and O–H groups in total. The van der Waals surface area contributed by atoms with Crippen molar-refractivity contribution in [1.82, 2.24) is 25.1 Å². The van der Waals surface area contributed by atoms with Gasteiger partial charge in [-0.3, -0.25) is 9.59 Å². The number of aryl methyl sites for hydroxylation is 4. The molecule has 8 nitrogen and oxygen atoms in total. The Labute approximate surface area is 203 Å². The molecule has 5 rings (SSSR count). The maximum Gasteiger partial charge on any atom is 0.252 e. The standard InChI is InChI=1S/C27H28N6O2/c1-15-11-16(2)25(17(3)12-15)31-23(34)14-29-27(35)20-13-21(19-8-9-19)30-26-24(20)18(4)32-33(26)22-7-5-6-10-28-22/h5-7,10-13,19H,8-9,14H2,1-4H3,(H,29,35)(H,31,34). The van der Waals surface area contributed by atoms with Gasteiger partial charge in [0.15, 0.2) is 11.5 Å². The maximum absolute atomic E-state index is 13.3. The number of aromatic nitrogens is 4. The third-order valence-corrected chi connectivity index (χ3v) is 6.29. The number of anilines is 1. The first kappa shape index (κ1) is 22.7. The van der Waals surface area contributed by atoms with Crippen LogP contribution in [-0.4, -0.2) is 38.1 Å². The second-order valence-electron chi connectivity index (χ2n) is 9.26. The van der Waals surface area contributed by atoms with Crippen LogP contribution in [0.1, 0.15) is 57.2 Å². The van der Waals surface area contributed by atoms with E-state index in [1.807, 2.05) is 64.1 Å². The summed E-state index contributed by atoms with van der Waals surface area (Å²) in [6, 6.07) is 11.5. The zero-order valence-corrected chi connectivity index (χ0v) is 20.3. The Bertz CT molecular complexity index is 1430. The summed E-state index contributed by atoms with van der Waals surface area (Å²) in [4.78, 5) is 35.3. The molecular weight excluding hydrogens is 440 g/mol. The highest BCUT2D eigenvalue weighted by Gasteiger charge is 2.29.